The number of nitrogens with zero attached hydrogens (tertiary/aromatic N) is 3. The van der Waals surface area contributed by atoms with Crippen LogP contribution in [0.2, 0.25) is 0 Å². The first kappa shape index (κ1) is 16.9. The molecule has 2 rings (SSSR count). The molecule has 1 aliphatic rings. The van der Waals surface area contributed by atoms with Crippen molar-refractivity contribution in [1.29, 1.82) is 0 Å². The van der Waals surface area contributed by atoms with Crippen LogP contribution in [-0.2, 0) is 0 Å². The van der Waals surface area contributed by atoms with E-state index in [0.29, 0.717) is 11.5 Å². The molecule has 1 fully saturated rings. The van der Waals surface area contributed by atoms with Crippen LogP contribution in [0.15, 0.2) is 6.20 Å². The third-order valence-electron chi connectivity index (χ3n) is 4.30. The number of rotatable bonds is 5. The fourth-order valence-corrected chi connectivity index (χ4v) is 2.95. The summed E-state index contributed by atoms with van der Waals surface area (Å²) >= 11 is 0. The zero-order valence-corrected chi connectivity index (χ0v) is 14.2. The first-order valence-electron chi connectivity index (χ1n) is 8.36. The van der Waals surface area contributed by atoms with Crippen molar-refractivity contribution in [2.24, 2.45) is 5.92 Å². The van der Waals surface area contributed by atoms with Crippen LogP contribution in [0.25, 0.3) is 0 Å². The zero-order chi connectivity index (χ0) is 16.1. The van der Waals surface area contributed by atoms with Crippen LogP contribution >= 0.6 is 0 Å². The monoisotopic (exact) mass is 304 g/mol. The first-order chi connectivity index (χ1) is 10.5. The van der Waals surface area contributed by atoms with Crippen molar-refractivity contribution in [2.75, 3.05) is 26.2 Å². The smallest absolute Gasteiger partial charge is 0.257 e. The lowest BCUT2D eigenvalue weighted by Crippen LogP contribution is -2.41. The fraction of sp³-hybridized carbons (Fsp3) is 0.706. The van der Waals surface area contributed by atoms with E-state index in [-0.39, 0.29) is 11.8 Å². The molecule has 0 bridgehead atoms. The molecular formula is C17H28N4O. The maximum Gasteiger partial charge on any atom is 0.257 e. The normalized spacial score (nSPS) is 16.3. The van der Waals surface area contributed by atoms with E-state index in [4.69, 9.17) is 0 Å². The van der Waals surface area contributed by atoms with E-state index in [9.17, 15) is 4.79 Å². The minimum Gasteiger partial charge on any atom is -0.339 e. The van der Waals surface area contributed by atoms with Gasteiger partial charge in [0, 0.05) is 19.3 Å². The Kier molecular flexibility index (Phi) is 5.89. The van der Waals surface area contributed by atoms with Crippen LogP contribution in [-0.4, -0.2) is 47.0 Å². The van der Waals surface area contributed by atoms with Crippen LogP contribution < -0.4 is 5.32 Å². The molecular weight excluding hydrogens is 276 g/mol. The Labute approximate surface area is 133 Å². The van der Waals surface area contributed by atoms with Crippen molar-refractivity contribution in [3.63, 3.8) is 0 Å². The summed E-state index contributed by atoms with van der Waals surface area (Å²) in [7, 11) is 0. The number of aromatic nitrogens is 2. The maximum absolute atomic E-state index is 12.8. The standard InChI is InChI=1S/C17H28N4O/c1-5-18-10-14-6-8-21(9-7-14)17(22)15-11-19-13(4)20-16(15)12(2)3/h11-12,14,18H,5-10H2,1-4H3. The van der Waals surface area contributed by atoms with Crippen molar-refractivity contribution in [1.82, 2.24) is 20.2 Å². The Hall–Kier alpha value is -1.49. The van der Waals surface area contributed by atoms with E-state index in [1.165, 1.54) is 0 Å². The Morgan fingerprint density at radius 1 is 1.41 bits per heavy atom. The summed E-state index contributed by atoms with van der Waals surface area (Å²) in [5, 5.41) is 3.40. The van der Waals surface area contributed by atoms with Gasteiger partial charge in [-0.15, -0.1) is 0 Å². The lowest BCUT2D eigenvalue weighted by Gasteiger charge is -2.32. The molecule has 0 spiro atoms. The Morgan fingerprint density at radius 3 is 2.68 bits per heavy atom. The molecule has 122 valence electrons. The van der Waals surface area contributed by atoms with Crippen LogP contribution in [0.3, 0.4) is 0 Å². The number of carbonyl (C=O) groups excluding carboxylic acids is 1. The number of aryl methyl sites for hydroxylation is 1. The second kappa shape index (κ2) is 7.68. The second-order valence-corrected chi connectivity index (χ2v) is 6.41. The highest BCUT2D eigenvalue weighted by molar-refractivity contribution is 5.95. The van der Waals surface area contributed by atoms with Gasteiger partial charge in [0.25, 0.3) is 5.91 Å². The highest BCUT2D eigenvalue weighted by Gasteiger charge is 2.26. The molecule has 22 heavy (non-hydrogen) atoms. The molecule has 1 N–H and O–H groups in total. The maximum atomic E-state index is 12.8. The number of hydrogen-bond acceptors (Lipinski definition) is 4. The molecule has 0 aromatic carbocycles. The third kappa shape index (κ3) is 4.03. The lowest BCUT2D eigenvalue weighted by atomic mass is 9.95. The molecule has 0 saturated carbocycles. The average Bonchev–Trinajstić information content (AvgIpc) is 2.52. The third-order valence-corrected chi connectivity index (χ3v) is 4.30. The largest absolute Gasteiger partial charge is 0.339 e. The molecule has 1 aromatic heterocycles. The van der Waals surface area contributed by atoms with E-state index in [0.717, 1.165) is 50.5 Å². The highest BCUT2D eigenvalue weighted by atomic mass is 16.2. The molecule has 1 aliphatic heterocycles. The van der Waals surface area contributed by atoms with Crippen LogP contribution in [0.1, 0.15) is 61.4 Å². The summed E-state index contributed by atoms with van der Waals surface area (Å²) in [6, 6.07) is 0. The van der Waals surface area contributed by atoms with Crippen LogP contribution in [0.4, 0.5) is 0 Å². The van der Waals surface area contributed by atoms with Gasteiger partial charge in [0.15, 0.2) is 0 Å². The molecule has 5 nitrogen and oxygen atoms in total. The average molecular weight is 304 g/mol. The fourth-order valence-electron chi connectivity index (χ4n) is 2.95. The summed E-state index contributed by atoms with van der Waals surface area (Å²) in [6.07, 6.45) is 3.84. The number of carbonyl (C=O) groups is 1. The summed E-state index contributed by atoms with van der Waals surface area (Å²) in [6.45, 7) is 11.9. The van der Waals surface area contributed by atoms with E-state index >= 15 is 0 Å². The molecule has 0 aliphatic carbocycles. The van der Waals surface area contributed by atoms with Gasteiger partial charge in [0.2, 0.25) is 0 Å². The van der Waals surface area contributed by atoms with Gasteiger partial charge in [-0.2, -0.15) is 0 Å². The summed E-state index contributed by atoms with van der Waals surface area (Å²) in [5.41, 5.74) is 1.54. The van der Waals surface area contributed by atoms with Crippen LogP contribution in [0, 0.1) is 12.8 Å². The van der Waals surface area contributed by atoms with Gasteiger partial charge in [-0.05, 0) is 44.7 Å². The number of likely N-dealkylation sites (tertiary alicyclic amines) is 1. The van der Waals surface area contributed by atoms with Crippen molar-refractivity contribution < 1.29 is 4.79 Å². The first-order valence-corrected chi connectivity index (χ1v) is 8.36. The second-order valence-electron chi connectivity index (χ2n) is 6.41. The van der Waals surface area contributed by atoms with Gasteiger partial charge in [-0.25, -0.2) is 9.97 Å². The number of piperidine rings is 1. The molecule has 0 atom stereocenters. The zero-order valence-electron chi connectivity index (χ0n) is 14.2. The predicted molar refractivity (Wildman–Crippen MR) is 88.0 cm³/mol. The molecule has 1 amide bonds. The number of nitrogens with one attached hydrogen (secondary N) is 1. The van der Waals surface area contributed by atoms with Crippen molar-refractivity contribution >= 4 is 5.91 Å². The van der Waals surface area contributed by atoms with Gasteiger partial charge in [-0.1, -0.05) is 20.8 Å². The van der Waals surface area contributed by atoms with Gasteiger partial charge in [-0.3, -0.25) is 4.79 Å². The van der Waals surface area contributed by atoms with Crippen molar-refractivity contribution in [3.8, 4) is 0 Å². The molecule has 2 heterocycles. The molecule has 0 radical (unpaired) electrons. The van der Waals surface area contributed by atoms with Crippen molar-refractivity contribution in [3.05, 3.63) is 23.3 Å². The Bertz CT molecular complexity index is 507. The Balaban J connectivity index is 2.04. The van der Waals surface area contributed by atoms with E-state index in [2.05, 4.69) is 36.1 Å². The summed E-state index contributed by atoms with van der Waals surface area (Å²) in [5.74, 6) is 1.73. The Morgan fingerprint density at radius 2 is 2.09 bits per heavy atom. The van der Waals surface area contributed by atoms with Gasteiger partial charge >= 0.3 is 0 Å². The van der Waals surface area contributed by atoms with Gasteiger partial charge < -0.3 is 10.2 Å². The topological polar surface area (TPSA) is 58.1 Å². The number of hydrogen-bond donors (Lipinski definition) is 1. The van der Waals surface area contributed by atoms with Crippen LogP contribution in [0.5, 0.6) is 0 Å². The minimum atomic E-state index is 0.0885. The van der Waals surface area contributed by atoms with E-state index in [1.54, 1.807) is 6.20 Å². The highest BCUT2D eigenvalue weighted by Crippen LogP contribution is 2.22. The van der Waals surface area contributed by atoms with Gasteiger partial charge in [0.1, 0.15) is 5.82 Å². The minimum absolute atomic E-state index is 0.0885. The molecule has 1 aromatic rings. The quantitative estimate of drug-likeness (QED) is 0.907. The molecule has 1 saturated heterocycles. The lowest BCUT2D eigenvalue weighted by molar-refractivity contribution is 0.0687. The summed E-state index contributed by atoms with van der Waals surface area (Å²) in [4.78, 5) is 23.4. The molecule has 5 heteroatoms. The van der Waals surface area contributed by atoms with Crippen molar-refractivity contribution in [2.45, 2.75) is 46.5 Å². The molecule has 0 unspecified atom stereocenters. The van der Waals surface area contributed by atoms with E-state index < -0.39 is 0 Å². The SMILES string of the molecule is CCNCC1CCN(C(=O)c2cnc(C)nc2C(C)C)CC1. The van der Waals surface area contributed by atoms with E-state index in [1.807, 2.05) is 11.8 Å². The number of amides is 1. The van der Waals surface area contributed by atoms with Gasteiger partial charge in [0.05, 0.1) is 11.3 Å². The predicted octanol–water partition coefficient (Wildman–Crippen LogP) is 2.37. The summed E-state index contributed by atoms with van der Waals surface area (Å²) < 4.78 is 0.